The second-order valence-electron chi connectivity index (χ2n) is 5.14. The van der Waals surface area contributed by atoms with Crippen molar-refractivity contribution in [2.45, 2.75) is 6.92 Å². The summed E-state index contributed by atoms with van der Waals surface area (Å²) in [6.07, 6.45) is 4.30. The van der Waals surface area contributed by atoms with Gasteiger partial charge in [0.2, 0.25) is 0 Å². The Labute approximate surface area is 134 Å². The fraction of sp³-hybridized carbons (Fsp3) is 0.0556. The van der Waals surface area contributed by atoms with Crippen molar-refractivity contribution in [2.24, 2.45) is 4.99 Å². The first-order valence-electron chi connectivity index (χ1n) is 7.21. The van der Waals surface area contributed by atoms with Crippen molar-refractivity contribution in [1.29, 1.82) is 0 Å². The molecule has 2 aromatic carbocycles. The molecule has 23 heavy (non-hydrogen) atoms. The number of aromatic nitrogens is 2. The largest absolute Gasteiger partial charge is 0.337 e. The van der Waals surface area contributed by atoms with Crippen LogP contribution in [0.5, 0.6) is 0 Å². The summed E-state index contributed by atoms with van der Waals surface area (Å²) in [4.78, 5) is 15.6. The number of aromatic amines is 1. The zero-order valence-electron chi connectivity index (χ0n) is 12.7. The van der Waals surface area contributed by atoms with Gasteiger partial charge in [-0.25, -0.2) is 4.99 Å². The Balaban J connectivity index is 1.79. The molecule has 1 aromatic heterocycles. The number of aldehydes is 1. The molecule has 0 amide bonds. The second kappa shape index (κ2) is 6.70. The van der Waals surface area contributed by atoms with Gasteiger partial charge in [0.05, 0.1) is 11.9 Å². The number of benzene rings is 2. The van der Waals surface area contributed by atoms with Crippen LogP contribution < -0.4 is 5.32 Å². The first-order valence-corrected chi connectivity index (χ1v) is 7.21. The van der Waals surface area contributed by atoms with Crippen molar-refractivity contribution in [1.82, 2.24) is 10.2 Å². The van der Waals surface area contributed by atoms with Gasteiger partial charge >= 0.3 is 0 Å². The normalized spacial score (nSPS) is 11.3. The van der Waals surface area contributed by atoms with Crippen LogP contribution in [0.1, 0.15) is 5.56 Å². The standard InChI is InChI=1S/C18H16N4O/c1-13-3-2-4-17(9-13)22-18(12-23)21-16-7-5-14(6-8-16)15-10-19-20-11-15/h2-12H,1H3,(H,19,20)(H,21,22). The molecule has 3 rings (SSSR count). The Kier molecular flexibility index (Phi) is 4.29. The smallest absolute Gasteiger partial charge is 0.185 e. The van der Waals surface area contributed by atoms with Gasteiger partial charge in [-0.2, -0.15) is 5.10 Å². The molecule has 0 saturated carbocycles. The number of carbonyl (C=O) groups is 1. The summed E-state index contributed by atoms with van der Waals surface area (Å²) in [5.74, 6) is 0.270. The Morgan fingerprint density at radius 2 is 2.00 bits per heavy atom. The number of rotatable bonds is 4. The van der Waals surface area contributed by atoms with E-state index in [0.29, 0.717) is 12.0 Å². The lowest BCUT2D eigenvalue weighted by atomic mass is 10.1. The monoisotopic (exact) mass is 304 g/mol. The highest BCUT2D eigenvalue weighted by Crippen LogP contribution is 2.21. The van der Waals surface area contributed by atoms with Crippen LogP contribution in [0.15, 0.2) is 65.9 Å². The molecule has 5 nitrogen and oxygen atoms in total. The second-order valence-corrected chi connectivity index (χ2v) is 5.14. The number of hydrogen-bond acceptors (Lipinski definition) is 3. The van der Waals surface area contributed by atoms with E-state index in [0.717, 1.165) is 22.4 Å². The molecule has 0 aliphatic heterocycles. The number of carbonyl (C=O) groups excluding carboxylic acids is 1. The van der Waals surface area contributed by atoms with Gasteiger partial charge in [-0.05, 0) is 42.3 Å². The molecule has 0 unspecified atom stereocenters. The van der Waals surface area contributed by atoms with E-state index < -0.39 is 0 Å². The molecule has 0 bridgehead atoms. The van der Waals surface area contributed by atoms with Crippen molar-refractivity contribution >= 4 is 23.5 Å². The maximum absolute atomic E-state index is 11.2. The van der Waals surface area contributed by atoms with E-state index in [-0.39, 0.29) is 5.84 Å². The molecule has 5 heteroatoms. The molecule has 2 N–H and O–H groups in total. The van der Waals surface area contributed by atoms with Crippen LogP contribution in [0.4, 0.5) is 11.4 Å². The summed E-state index contributed by atoms with van der Waals surface area (Å²) in [6, 6.07) is 15.4. The van der Waals surface area contributed by atoms with Crippen molar-refractivity contribution < 1.29 is 4.79 Å². The molecule has 0 saturated heterocycles. The van der Waals surface area contributed by atoms with Gasteiger partial charge < -0.3 is 5.32 Å². The first-order chi connectivity index (χ1) is 11.2. The molecule has 0 atom stereocenters. The average molecular weight is 304 g/mol. The molecule has 3 aromatic rings. The molecule has 0 radical (unpaired) electrons. The number of nitrogens with zero attached hydrogens (tertiary/aromatic N) is 2. The zero-order chi connectivity index (χ0) is 16.1. The van der Waals surface area contributed by atoms with E-state index in [1.165, 1.54) is 0 Å². The highest BCUT2D eigenvalue weighted by Gasteiger charge is 2.02. The predicted octanol–water partition coefficient (Wildman–Crippen LogP) is 3.73. The molecule has 0 fully saturated rings. The van der Waals surface area contributed by atoms with Gasteiger partial charge in [-0.15, -0.1) is 0 Å². The Hall–Kier alpha value is -3.21. The van der Waals surface area contributed by atoms with Crippen LogP contribution >= 0.6 is 0 Å². The molecule has 1 heterocycles. The average Bonchev–Trinajstić information content (AvgIpc) is 3.09. The number of aryl methyl sites for hydroxylation is 1. The Bertz CT molecular complexity index is 820. The van der Waals surface area contributed by atoms with E-state index in [1.54, 1.807) is 6.20 Å². The van der Waals surface area contributed by atoms with Gasteiger partial charge in [0.15, 0.2) is 12.1 Å². The molecule has 0 spiro atoms. The Morgan fingerprint density at radius 1 is 1.17 bits per heavy atom. The summed E-state index contributed by atoms with van der Waals surface area (Å²) < 4.78 is 0. The maximum Gasteiger partial charge on any atom is 0.185 e. The highest BCUT2D eigenvalue weighted by atomic mass is 16.1. The lowest BCUT2D eigenvalue weighted by Crippen LogP contribution is -2.12. The SMILES string of the molecule is Cc1cccc(N/C(C=O)=N/c2ccc(-c3cn[nH]c3)cc2)c1. The van der Waals surface area contributed by atoms with E-state index >= 15 is 0 Å². The molecular weight excluding hydrogens is 288 g/mol. The zero-order valence-corrected chi connectivity index (χ0v) is 12.7. The summed E-state index contributed by atoms with van der Waals surface area (Å²) in [7, 11) is 0. The van der Waals surface area contributed by atoms with E-state index in [1.807, 2.05) is 61.7 Å². The lowest BCUT2D eigenvalue weighted by Gasteiger charge is -2.06. The van der Waals surface area contributed by atoms with Gasteiger partial charge in [-0.1, -0.05) is 24.3 Å². The van der Waals surface area contributed by atoms with Gasteiger partial charge in [0.25, 0.3) is 0 Å². The van der Waals surface area contributed by atoms with Gasteiger partial charge in [0, 0.05) is 17.4 Å². The van der Waals surface area contributed by atoms with Crippen molar-refractivity contribution in [3.8, 4) is 11.1 Å². The van der Waals surface area contributed by atoms with Gasteiger partial charge in [0.1, 0.15) is 0 Å². The van der Waals surface area contributed by atoms with Crippen molar-refractivity contribution in [3.05, 3.63) is 66.5 Å². The molecular formula is C18H16N4O. The van der Waals surface area contributed by atoms with Crippen LogP contribution in [0.3, 0.4) is 0 Å². The molecule has 0 aliphatic rings. The third-order valence-corrected chi connectivity index (χ3v) is 3.35. The third-order valence-electron chi connectivity index (χ3n) is 3.35. The number of H-pyrrole nitrogens is 1. The van der Waals surface area contributed by atoms with Crippen molar-refractivity contribution in [2.75, 3.05) is 5.32 Å². The van der Waals surface area contributed by atoms with Crippen LogP contribution in [-0.4, -0.2) is 22.3 Å². The highest BCUT2D eigenvalue weighted by molar-refractivity contribution is 6.33. The Morgan fingerprint density at radius 3 is 2.65 bits per heavy atom. The summed E-state index contributed by atoms with van der Waals surface area (Å²) in [5, 5.41) is 9.74. The molecule has 0 aliphatic carbocycles. The van der Waals surface area contributed by atoms with Gasteiger partial charge in [-0.3, -0.25) is 9.89 Å². The maximum atomic E-state index is 11.2. The summed E-state index contributed by atoms with van der Waals surface area (Å²) in [5.41, 5.74) is 4.71. The number of amidine groups is 1. The van der Waals surface area contributed by atoms with Crippen LogP contribution in [0.2, 0.25) is 0 Å². The summed E-state index contributed by atoms with van der Waals surface area (Å²) >= 11 is 0. The first kappa shape index (κ1) is 14.7. The minimum Gasteiger partial charge on any atom is -0.337 e. The third kappa shape index (κ3) is 3.71. The topological polar surface area (TPSA) is 70.1 Å². The number of aliphatic imine (C=N–C) groups is 1. The van der Waals surface area contributed by atoms with Crippen LogP contribution in [0.25, 0.3) is 11.1 Å². The van der Waals surface area contributed by atoms with Crippen LogP contribution in [0, 0.1) is 6.92 Å². The number of anilines is 1. The minimum atomic E-state index is 0.270. The van der Waals surface area contributed by atoms with Crippen LogP contribution in [-0.2, 0) is 4.79 Å². The number of hydrogen-bond donors (Lipinski definition) is 2. The lowest BCUT2D eigenvalue weighted by molar-refractivity contribution is -0.102. The fourth-order valence-electron chi connectivity index (χ4n) is 2.23. The van der Waals surface area contributed by atoms with E-state index in [9.17, 15) is 4.79 Å². The quantitative estimate of drug-likeness (QED) is 0.438. The van der Waals surface area contributed by atoms with E-state index in [4.69, 9.17) is 0 Å². The molecule has 114 valence electrons. The number of nitrogens with one attached hydrogen (secondary N) is 2. The minimum absolute atomic E-state index is 0.270. The predicted molar refractivity (Wildman–Crippen MR) is 92.0 cm³/mol. The fourth-order valence-corrected chi connectivity index (χ4v) is 2.23. The van der Waals surface area contributed by atoms with Crippen molar-refractivity contribution in [3.63, 3.8) is 0 Å². The summed E-state index contributed by atoms with van der Waals surface area (Å²) in [6.45, 7) is 2.00. The van der Waals surface area contributed by atoms with E-state index in [2.05, 4.69) is 20.5 Å².